The SMILES string of the molecule is CCC(CCNC1CCCN(c2ccc(C(=O)N3CCOCC3)cc2)CC1)=NC(=O)CNC(=O)c1cccc(C(F)(F)F)c1. The van der Waals surface area contributed by atoms with Gasteiger partial charge in [0, 0.05) is 61.3 Å². The van der Waals surface area contributed by atoms with E-state index < -0.39 is 30.1 Å². The van der Waals surface area contributed by atoms with Crippen LogP contribution in [0.15, 0.2) is 53.5 Å². The van der Waals surface area contributed by atoms with Crippen molar-refractivity contribution in [2.75, 3.05) is 57.4 Å². The van der Waals surface area contributed by atoms with Gasteiger partial charge in [0.05, 0.1) is 25.3 Å². The van der Waals surface area contributed by atoms with Crippen LogP contribution in [0.3, 0.4) is 0 Å². The summed E-state index contributed by atoms with van der Waals surface area (Å²) >= 11 is 0. The zero-order chi connectivity index (χ0) is 31.5. The Morgan fingerprint density at radius 2 is 1.73 bits per heavy atom. The lowest BCUT2D eigenvalue weighted by molar-refractivity contribution is -0.137. The minimum atomic E-state index is -4.56. The average Bonchev–Trinajstić information content (AvgIpc) is 3.28. The van der Waals surface area contributed by atoms with Crippen LogP contribution in [0.25, 0.3) is 0 Å². The first-order chi connectivity index (χ1) is 21.1. The van der Waals surface area contributed by atoms with Crippen LogP contribution in [0.5, 0.6) is 0 Å². The first-order valence-corrected chi connectivity index (χ1v) is 15.1. The van der Waals surface area contributed by atoms with E-state index in [4.69, 9.17) is 4.74 Å². The summed E-state index contributed by atoms with van der Waals surface area (Å²) in [5, 5.41) is 5.94. The van der Waals surface area contributed by atoms with Crippen molar-refractivity contribution in [2.24, 2.45) is 4.99 Å². The number of halogens is 3. The largest absolute Gasteiger partial charge is 0.416 e. The van der Waals surface area contributed by atoms with Gasteiger partial charge in [0.1, 0.15) is 0 Å². The first kappa shape index (κ1) is 33.1. The van der Waals surface area contributed by atoms with Gasteiger partial charge in [-0.2, -0.15) is 13.2 Å². The van der Waals surface area contributed by atoms with E-state index in [-0.39, 0.29) is 11.5 Å². The molecule has 2 aromatic rings. The van der Waals surface area contributed by atoms with Gasteiger partial charge in [-0.15, -0.1) is 0 Å². The van der Waals surface area contributed by atoms with Crippen molar-refractivity contribution < 1.29 is 32.3 Å². The maximum Gasteiger partial charge on any atom is 0.416 e. The van der Waals surface area contributed by atoms with E-state index in [1.807, 2.05) is 36.1 Å². The van der Waals surface area contributed by atoms with E-state index in [9.17, 15) is 27.6 Å². The van der Waals surface area contributed by atoms with E-state index in [0.717, 1.165) is 56.2 Å². The van der Waals surface area contributed by atoms with Gasteiger partial charge in [0.15, 0.2) is 0 Å². The molecular formula is C32H40F3N5O4. The molecule has 238 valence electrons. The Hall–Kier alpha value is -3.77. The highest BCUT2D eigenvalue weighted by Crippen LogP contribution is 2.29. The molecule has 9 nitrogen and oxygen atoms in total. The number of hydrogen-bond acceptors (Lipinski definition) is 6. The Labute approximate surface area is 255 Å². The number of morpholine rings is 1. The summed E-state index contributed by atoms with van der Waals surface area (Å²) in [7, 11) is 0. The zero-order valence-electron chi connectivity index (χ0n) is 25.0. The Bertz CT molecular complexity index is 1310. The number of hydrogen-bond donors (Lipinski definition) is 2. The number of alkyl halides is 3. The molecule has 3 amide bonds. The molecule has 2 aliphatic heterocycles. The van der Waals surface area contributed by atoms with Crippen LogP contribution in [0.4, 0.5) is 18.9 Å². The van der Waals surface area contributed by atoms with Crippen molar-refractivity contribution in [3.05, 3.63) is 65.2 Å². The summed E-state index contributed by atoms with van der Waals surface area (Å²) in [4.78, 5) is 45.7. The topological polar surface area (TPSA) is 103 Å². The minimum Gasteiger partial charge on any atom is -0.378 e. The number of carbonyl (C=O) groups is 3. The molecular weight excluding hydrogens is 575 g/mol. The second-order valence-corrected chi connectivity index (χ2v) is 11.0. The summed E-state index contributed by atoms with van der Waals surface area (Å²) in [6.07, 6.45) is -0.434. The maximum atomic E-state index is 12.9. The number of carbonyl (C=O) groups excluding carboxylic acids is 3. The molecule has 0 radical (unpaired) electrons. The highest BCUT2D eigenvalue weighted by atomic mass is 19.4. The predicted molar refractivity (Wildman–Crippen MR) is 162 cm³/mol. The Morgan fingerprint density at radius 1 is 0.977 bits per heavy atom. The van der Waals surface area contributed by atoms with Gasteiger partial charge in [-0.25, -0.2) is 4.99 Å². The number of ether oxygens (including phenoxy) is 1. The number of amides is 3. The summed E-state index contributed by atoms with van der Waals surface area (Å²) < 4.78 is 44.1. The van der Waals surface area contributed by atoms with Crippen LogP contribution in [0, 0.1) is 0 Å². The summed E-state index contributed by atoms with van der Waals surface area (Å²) in [5.41, 5.74) is 1.38. The molecule has 0 saturated carbocycles. The molecule has 2 fully saturated rings. The number of nitrogens with zero attached hydrogens (tertiary/aromatic N) is 3. The highest BCUT2D eigenvalue weighted by molar-refractivity contribution is 6.00. The zero-order valence-corrected chi connectivity index (χ0v) is 25.0. The molecule has 1 atom stereocenters. The van der Waals surface area contributed by atoms with E-state index in [1.54, 1.807) is 0 Å². The van der Waals surface area contributed by atoms with Crippen molar-refractivity contribution in [1.29, 1.82) is 0 Å². The second kappa shape index (κ2) is 15.8. The normalized spacial score (nSPS) is 18.1. The number of aliphatic imine (C=N–C) groups is 1. The fourth-order valence-electron chi connectivity index (χ4n) is 5.37. The standard InChI is InChI=1S/C32H40F3N5O4/c1-2-26(38-29(41)22-37-30(42)24-5-3-6-25(21-24)32(33,34)35)12-14-36-27-7-4-15-39(16-13-27)28-10-8-23(9-11-28)31(43)40-17-19-44-20-18-40/h3,5-6,8-11,21,27,36H,2,4,7,12-20,22H2,1H3,(H,37,42). The minimum absolute atomic E-state index is 0.0385. The second-order valence-electron chi connectivity index (χ2n) is 11.0. The summed E-state index contributed by atoms with van der Waals surface area (Å²) in [5.74, 6) is -1.28. The van der Waals surface area contributed by atoms with Crippen molar-refractivity contribution >= 4 is 29.1 Å². The van der Waals surface area contributed by atoms with Gasteiger partial charge >= 0.3 is 6.18 Å². The lowest BCUT2D eigenvalue weighted by atomic mass is 10.1. The predicted octanol–water partition coefficient (Wildman–Crippen LogP) is 4.32. The fraction of sp³-hybridized carbons (Fsp3) is 0.500. The van der Waals surface area contributed by atoms with Gasteiger partial charge in [-0.1, -0.05) is 13.0 Å². The molecule has 2 heterocycles. The molecule has 2 saturated heterocycles. The molecule has 4 rings (SSSR count). The lowest BCUT2D eigenvalue weighted by Crippen LogP contribution is -2.40. The molecule has 0 spiro atoms. The molecule has 0 bridgehead atoms. The number of benzene rings is 2. The monoisotopic (exact) mass is 615 g/mol. The van der Waals surface area contributed by atoms with Crippen molar-refractivity contribution in [3.63, 3.8) is 0 Å². The third-order valence-electron chi connectivity index (χ3n) is 7.90. The third kappa shape index (κ3) is 9.62. The van der Waals surface area contributed by atoms with Crippen molar-refractivity contribution in [2.45, 2.75) is 51.2 Å². The fourth-order valence-corrected chi connectivity index (χ4v) is 5.37. The van der Waals surface area contributed by atoms with Gasteiger partial charge in [0.2, 0.25) is 0 Å². The summed E-state index contributed by atoms with van der Waals surface area (Å²) in [6, 6.07) is 12.2. The van der Waals surface area contributed by atoms with Gasteiger partial charge in [-0.05, 0) is 74.6 Å². The van der Waals surface area contributed by atoms with E-state index >= 15 is 0 Å². The van der Waals surface area contributed by atoms with E-state index in [1.165, 1.54) is 6.07 Å². The average molecular weight is 616 g/mol. The molecule has 2 aliphatic rings. The molecule has 0 aliphatic carbocycles. The third-order valence-corrected chi connectivity index (χ3v) is 7.90. The van der Waals surface area contributed by atoms with Crippen LogP contribution in [-0.4, -0.2) is 86.9 Å². The number of nitrogens with one attached hydrogen (secondary N) is 2. The van der Waals surface area contributed by atoms with Gasteiger partial charge < -0.3 is 25.2 Å². The number of rotatable bonds is 10. The molecule has 2 N–H and O–H groups in total. The van der Waals surface area contributed by atoms with Gasteiger partial charge in [0.25, 0.3) is 17.7 Å². The number of anilines is 1. The van der Waals surface area contributed by atoms with Crippen LogP contribution < -0.4 is 15.5 Å². The van der Waals surface area contributed by atoms with Crippen LogP contribution in [0.2, 0.25) is 0 Å². The Balaban J connectivity index is 1.19. The van der Waals surface area contributed by atoms with Crippen molar-refractivity contribution in [1.82, 2.24) is 15.5 Å². The quantitative estimate of drug-likeness (QED) is 0.386. The molecule has 44 heavy (non-hydrogen) atoms. The molecule has 2 aromatic carbocycles. The van der Waals surface area contributed by atoms with Gasteiger partial charge in [-0.3, -0.25) is 14.4 Å². The maximum absolute atomic E-state index is 12.9. The highest BCUT2D eigenvalue weighted by Gasteiger charge is 2.31. The molecule has 12 heteroatoms. The van der Waals surface area contributed by atoms with Crippen LogP contribution in [-0.2, 0) is 15.7 Å². The van der Waals surface area contributed by atoms with E-state index in [2.05, 4.69) is 20.5 Å². The molecule has 1 unspecified atom stereocenters. The van der Waals surface area contributed by atoms with E-state index in [0.29, 0.717) is 63.0 Å². The summed E-state index contributed by atoms with van der Waals surface area (Å²) in [6.45, 7) is 6.35. The van der Waals surface area contributed by atoms with Crippen molar-refractivity contribution in [3.8, 4) is 0 Å². The van der Waals surface area contributed by atoms with Crippen LogP contribution in [0.1, 0.15) is 65.3 Å². The van der Waals surface area contributed by atoms with Crippen LogP contribution >= 0.6 is 0 Å². The smallest absolute Gasteiger partial charge is 0.378 e. The first-order valence-electron chi connectivity index (χ1n) is 15.1. The molecule has 0 aromatic heterocycles. The lowest BCUT2D eigenvalue weighted by Gasteiger charge is -2.27. The Morgan fingerprint density at radius 3 is 2.43 bits per heavy atom. The Kier molecular flexibility index (Phi) is 11.9.